The van der Waals surface area contributed by atoms with E-state index < -0.39 is 63.7 Å². The Balaban J connectivity index is 0.000000146. The molecular formula is C86H87N11O14. The number of anilines is 1. The molecular weight excluding hydrogens is 1410 g/mol. The molecule has 0 bridgehead atoms. The van der Waals surface area contributed by atoms with Crippen LogP contribution in [0.15, 0.2) is 213 Å². The molecule has 4 aliphatic rings. The molecule has 11 aromatic rings. The van der Waals surface area contributed by atoms with Gasteiger partial charge in [-0.2, -0.15) is 0 Å². The van der Waals surface area contributed by atoms with Crippen molar-refractivity contribution in [2.24, 2.45) is 28.6 Å². The number of piperazine rings is 1. The van der Waals surface area contributed by atoms with E-state index in [1.807, 2.05) is 171 Å². The third-order valence-electron chi connectivity index (χ3n) is 21.1. The van der Waals surface area contributed by atoms with Gasteiger partial charge in [-0.15, -0.1) is 0 Å². The number of fused-ring (bicyclic) bond motifs is 3. The van der Waals surface area contributed by atoms with Gasteiger partial charge < -0.3 is 38.8 Å². The van der Waals surface area contributed by atoms with Gasteiger partial charge in [0.2, 0.25) is 23.6 Å². The molecule has 25 nitrogen and oxygen atoms in total. The van der Waals surface area contributed by atoms with Crippen molar-refractivity contribution >= 4 is 74.1 Å². The summed E-state index contributed by atoms with van der Waals surface area (Å²) in [5.41, 5.74) is 13.8. The van der Waals surface area contributed by atoms with Gasteiger partial charge in [-0.3, -0.25) is 59.3 Å². The average Bonchev–Trinajstić information content (AvgIpc) is 1.56. The number of esters is 2. The number of nitrogens with zero attached hydrogens (tertiary/aromatic N) is 7. The number of hydroxylamine groups is 3. The summed E-state index contributed by atoms with van der Waals surface area (Å²) in [5.74, 6) is -1.77. The Hall–Kier alpha value is -12.3. The number of pyridine rings is 5. The Morgan fingerprint density at radius 2 is 0.982 bits per heavy atom. The number of likely N-dealkylation sites (N-methyl/N-ethyl adjacent to an activating group) is 1. The highest BCUT2D eigenvalue weighted by Crippen LogP contribution is 2.58. The van der Waals surface area contributed by atoms with Crippen LogP contribution in [0.25, 0.3) is 44.0 Å². The highest BCUT2D eigenvalue weighted by molar-refractivity contribution is 6.01. The van der Waals surface area contributed by atoms with Crippen molar-refractivity contribution in [2.45, 2.75) is 84.7 Å². The summed E-state index contributed by atoms with van der Waals surface area (Å²) in [5, 5.41) is 33.3. The van der Waals surface area contributed by atoms with E-state index in [0.29, 0.717) is 68.3 Å². The molecule has 15 rings (SSSR count). The maximum atomic E-state index is 13.4. The molecule has 7 N–H and O–H groups in total. The lowest BCUT2D eigenvalue weighted by Gasteiger charge is -2.33. The summed E-state index contributed by atoms with van der Waals surface area (Å²) in [6.45, 7) is 11.1. The fourth-order valence-corrected chi connectivity index (χ4v) is 14.8. The molecule has 0 radical (unpaired) electrons. The minimum atomic E-state index is -1.09. The Morgan fingerprint density at radius 1 is 0.486 bits per heavy atom. The van der Waals surface area contributed by atoms with E-state index in [9.17, 15) is 34.0 Å². The van der Waals surface area contributed by atoms with E-state index in [0.717, 1.165) is 115 Å². The number of hydrogen-bond acceptors (Lipinski definition) is 21. The SMILES string of the molecule is CCOC(=O)[C@@]1(Cc2ccc(OCc3cc(-c4cccnc4)nc4ccccc34)cc2)C[C@@H]1C(=O)NO.CCOC(=O)[C@@]1(Cc2ccc(OCc3cc(N4CCN(C)CC4)nc4ccccc34)cc2)C[C@@H]1C(=O)NO.Cc1cc(COc2cccc([C@@]3(C(=O)NCc4cccnc4)C[C@H]3C(=O)NO)c2)c2ccccc2n1. The first-order chi connectivity index (χ1) is 54.0. The predicted octanol–water partition coefficient (Wildman–Crippen LogP) is 11.3. The number of hydrogen-bond donors (Lipinski definition) is 7. The van der Waals surface area contributed by atoms with Crippen molar-refractivity contribution in [3.63, 3.8) is 0 Å². The van der Waals surface area contributed by atoms with Crippen molar-refractivity contribution in [3.8, 4) is 28.5 Å². The van der Waals surface area contributed by atoms with Gasteiger partial charge in [0.15, 0.2) is 0 Å². The van der Waals surface area contributed by atoms with Crippen LogP contribution in [-0.4, -0.2) is 127 Å². The van der Waals surface area contributed by atoms with Crippen molar-refractivity contribution < 1.29 is 68.1 Å². The maximum Gasteiger partial charge on any atom is 0.313 e. The van der Waals surface area contributed by atoms with Crippen molar-refractivity contribution in [1.82, 2.24) is 51.6 Å². The smallest absolute Gasteiger partial charge is 0.313 e. The number of carbonyl (C=O) groups is 6. The standard InChI is InChI=1S/C29H34N4O5.C29H27N3O5.C28H26N4O4/c1-3-37-28(35)29(18-24(29)27(34)31-36)17-20-8-10-22(11-9-20)38-19-21-16-26(33-14-12-32(2)13-15-33)30-25-7-5-4-6-23(21)25;1-2-36-28(34)29(16-24(29)27(33)32-35)15-19-9-11-22(12-10-19)37-18-21-14-26(20-6-5-13-30-17-20)31-25-8-4-3-7-23(21)25;1-18-12-20(23-9-2-3-10-25(23)31-18)17-36-22-8-4-7-21(13-22)28(14-24(28)26(33)32-35)27(34)30-16-19-6-5-11-29-15-19/h4-11,16,24,36H,3,12-15,17-19H2,1-2H3,(H,31,34);3-14,17,24,35H,2,15-16,18H2,1H3,(H,32,33);2-13,15,24,35H,14,16-17H2,1H3,(H,30,34)(H,32,33)/t2*24-,29+;24-,28-/m110/s1. The molecule has 5 aromatic heterocycles. The zero-order chi connectivity index (χ0) is 77.7. The van der Waals surface area contributed by atoms with Crippen LogP contribution in [0.2, 0.25) is 0 Å². The van der Waals surface area contributed by atoms with Crippen LogP contribution in [0.4, 0.5) is 5.82 Å². The van der Waals surface area contributed by atoms with Gasteiger partial charge in [0, 0.05) is 102 Å². The summed E-state index contributed by atoms with van der Waals surface area (Å²) in [6, 6.07) is 59.9. The van der Waals surface area contributed by atoms with E-state index in [1.54, 1.807) is 67.2 Å². The first kappa shape index (κ1) is 76.9. The molecule has 3 saturated carbocycles. The van der Waals surface area contributed by atoms with E-state index in [2.05, 4.69) is 49.2 Å². The van der Waals surface area contributed by atoms with E-state index in [4.69, 9.17) is 44.1 Å². The van der Waals surface area contributed by atoms with Crippen LogP contribution in [0, 0.1) is 35.5 Å². The summed E-state index contributed by atoms with van der Waals surface area (Å²) in [7, 11) is 2.14. The lowest BCUT2D eigenvalue weighted by molar-refractivity contribution is -0.152. The lowest BCUT2D eigenvalue weighted by Crippen LogP contribution is -2.44. The summed E-state index contributed by atoms with van der Waals surface area (Å²) in [4.78, 5) is 102. The van der Waals surface area contributed by atoms with Gasteiger partial charge in [-0.05, 0) is 173 Å². The molecule has 6 heterocycles. The fourth-order valence-electron chi connectivity index (χ4n) is 14.8. The Morgan fingerprint density at radius 3 is 1.50 bits per heavy atom. The minimum Gasteiger partial charge on any atom is -0.489 e. The molecule has 4 fully saturated rings. The van der Waals surface area contributed by atoms with Gasteiger partial charge in [-0.1, -0.05) is 97.1 Å². The third-order valence-corrected chi connectivity index (χ3v) is 21.1. The summed E-state index contributed by atoms with van der Waals surface area (Å²) in [6.07, 6.45) is 8.53. The molecule has 0 unspecified atom stereocenters. The Kier molecular flexibility index (Phi) is 23.9. The van der Waals surface area contributed by atoms with E-state index in [-0.39, 0.29) is 32.1 Å². The monoisotopic (exact) mass is 1500 g/mol. The molecule has 4 amide bonds. The number of nitrogens with one attached hydrogen (secondary N) is 4. The number of para-hydroxylation sites is 3. The van der Waals surface area contributed by atoms with Crippen molar-refractivity contribution in [1.29, 1.82) is 0 Å². The average molecular weight is 1500 g/mol. The fraction of sp³-hybridized carbons (Fsp3) is 0.291. The molecule has 0 spiro atoms. The van der Waals surface area contributed by atoms with Crippen LogP contribution >= 0.6 is 0 Å². The van der Waals surface area contributed by atoms with Crippen LogP contribution in [0.3, 0.4) is 0 Å². The molecule has 1 aliphatic heterocycles. The maximum absolute atomic E-state index is 13.4. The molecule has 6 atom stereocenters. The van der Waals surface area contributed by atoms with Gasteiger partial charge in [-0.25, -0.2) is 26.4 Å². The zero-order valence-corrected chi connectivity index (χ0v) is 62.0. The van der Waals surface area contributed by atoms with Gasteiger partial charge in [0.25, 0.3) is 0 Å². The molecule has 570 valence electrons. The van der Waals surface area contributed by atoms with E-state index in [1.165, 1.54) is 0 Å². The van der Waals surface area contributed by atoms with Crippen LogP contribution in [-0.2, 0) is 82.9 Å². The van der Waals surface area contributed by atoms with Gasteiger partial charge in [0.05, 0.1) is 69.5 Å². The van der Waals surface area contributed by atoms with Crippen LogP contribution in [0.1, 0.15) is 77.7 Å². The second-order valence-electron chi connectivity index (χ2n) is 28.3. The second-order valence-corrected chi connectivity index (χ2v) is 28.3. The molecule has 3 aliphatic carbocycles. The quantitative estimate of drug-likeness (QED) is 0.0150. The minimum absolute atomic E-state index is 0.229. The highest BCUT2D eigenvalue weighted by atomic mass is 16.5. The summed E-state index contributed by atoms with van der Waals surface area (Å²) < 4.78 is 28.9. The molecule has 1 saturated heterocycles. The first-order valence-corrected chi connectivity index (χ1v) is 36.9. The molecule has 111 heavy (non-hydrogen) atoms. The number of rotatable bonds is 26. The van der Waals surface area contributed by atoms with E-state index >= 15 is 0 Å². The number of amides is 4. The number of aromatic nitrogens is 5. The Labute approximate surface area is 641 Å². The first-order valence-electron chi connectivity index (χ1n) is 36.9. The summed E-state index contributed by atoms with van der Waals surface area (Å²) >= 11 is 0. The van der Waals surface area contributed by atoms with Gasteiger partial charge >= 0.3 is 11.9 Å². The predicted molar refractivity (Wildman–Crippen MR) is 413 cm³/mol. The Bertz CT molecular complexity index is 5170. The van der Waals surface area contributed by atoms with Crippen molar-refractivity contribution in [2.75, 3.05) is 51.3 Å². The van der Waals surface area contributed by atoms with Crippen LogP contribution in [0.5, 0.6) is 17.2 Å². The number of benzene rings is 6. The number of carbonyl (C=O) groups excluding carboxylic acids is 6. The number of ether oxygens (including phenoxy) is 5. The second kappa shape index (κ2) is 34.5. The van der Waals surface area contributed by atoms with Crippen molar-refractivity contribution in [3.05, 3.63) is 257 Å². The topological polar surface area (TPSA) is 328 Å². The highest BCUT2D eigenvalue weighted by Gasteiger charge is 2.66. The largest absolute Gasteiger partial charge is 0.489 e. The lowest BCUT2D eigenvalue weighted by atomic mass is 9.91. The van der Waals surface area contributed by atoms with Gasteiger partial charge in [0.1, 0.15) is 42.9 Å². The number of aryl methyl sites for hydroxylation is 1. The third kappa shape index (κ3) is 17.6. The zero-order valence-electron chi connectivity index (χ0n) is 62.0. The molecule has 25 heteroatoms. The van der Waals surface area contributed by atoms with Crippen LogP contribution < -0.4 is 40.9 Å². The molecule has 6 aromatic carbocycles. The normalized spacial score (nSPS) is 19.3.